The molecule has 5 heteroatoms. The van der Waals surface area contributed by atoms with E-state index in [0.29, 0.717) is 5.56 Å². The lowest BCUT2D eigenvalue weighted by Gasteiger charge is -2.03. The second-order valence-corrected chi connectivity index (χ2v) is 5.48. The van der Waals surface area contributed by atoms with Crippen molar-refractivity contribution in [3.63, 3.8) is 0 Å². The molecule has 0 saturated carbocycles. The summed E-state index contributed by atoms with van der Waals surface area (Å²) in [5.74, 6) is -1.00. The van der Waals surface area contributed by atoms with Gasteiger partial charge in [-0.05, 0) is 23.6 Å². The number of pyridine rings is 1. The third kappa shape index (κ3) is 2.20. The highest BCUT2D eigenvalue weighted by Crippen LogP contribution is 2.35. The van der Waals surface area contributed by atoms with Gasteiger partial charge in [-0.25, -0.2) is 9.78 Å². The van der Waals surface area contributed by atoms with Crippen LogP contribution in [0.5, 0.6) is 0 Å². The Balaban J connectivity index is 2.23. The van der Waals surface area contributed by atoms with Gasteiger partial charge in [-0.3, -0.25) is 0 Å². The van der Waals surface area contributed by atoms with Gasteiger partial charge in [0.1, 0.15) is 5.15 Å². The van der Waals surface area contributed by atoms with Crippen molar-refractivity contribution in [2.45, 2.75) is 0 Å². The minimum Gasteiger partial charge on any atom is -0.478 e. The average Bonchev–Trinajstić information content (AvgIpc) is 2.82. The number of rotatable bonds is 2. The van der Waals surface area contributed by atoms with Gasteiger partial charge in [0.2, 0.25) is 0 Å². The van der Waals surface area contributed by atoms with E-state index in [-0.39, 0.29) is 10.7 Å². The number of hydrogen-bond donors (Lipinski definition) is 1. The Morgan fingerprint density at radius 2 is 2.05 bits per heavy atom. The minimum atomic E-state index is -1.00. The van der Waals surface area contributed by atoms with Crippen molar-refractivity contribution >= 4 is 39.0 Å². The second kappa shape index (κ2) is 4.64. The molecule has 3 nitrogen and oxygen atoms in total. The minimum absolute atomic E-state index is 0.173. The highest BCUT2D eigenvalue weighted by molar-refractivity contribution is 7.22. The number of carboxylic acids is 1. The number of halogens is 1. The second-order valence-electron chi connectivity index (χ2n) is 4.01. The number of aromatic carboxylic acids is 1. The molecule has 0 fully saturated rings. The van der Waals surface area contributed by atoms with Crippen LogP contribution in [0.2, 0.25) is 5.15 Å². The van der Waals surface area contributed by atoms with Gasteiger partial charge in [-0.1, -0.05) is 29.8 Å². The van der Waals surface area contributed by atoms with Gasteiger partial charge in [-0.15, -0.1) is 11.3 Å². The molecule has 0 saturated heterocycles. The molecule has 94 valence electrons. The van der Waals surface area contributed by atoms with Crippen LogP contribution in [-0.4, -0.2) is 16.1 Å². The fourth-order valence-corrected chi connectivity index (χ4v) is 3.16. The molecule has 2 heterocycles. The molecule has 0 aliphatic rings. The Hall–Kier alpha value is -1.91. The molecule has 0 amide bonds. The molecule has 3 rings (SSSR count). The Morgan fingerprint density at radius 1 is 1.26 bits per heavy atom. The van der Waals surface area contributed by atoms with Crippen molar-refractivity contribution in [1.29, 1.82) is 0 Å². The number of carbonyl (C=O) groups is 1. The van der Waals surface area contributed by atoms with E-state index in [0.717, 1.165) is 15.0 Å². The van der Waals surface area contributed by atoms with Gasteiger partial charge in [0, 0.05) is 21.3 Å². The lowest BCUT2D eigenvalue weighted by Crippen LogP contribution is -1.99. The molecule has 2 aromatic heterocycles. The van der Waals surface area contributed by atoms with Crippen LogP contribution in [0.4, 0.5) is 0 Å². The molecule has 3 aromatic rings. The zero-order valence-corrected chi connectivity index (χ0v) is 11.2. The summed E-state index contributed by atoms with van der Waals surface area (Å²) in [7, 11) is 0. The van der Waals surface area contributed by atoms with Crippen molar-refractivity contribution < 1.29 is 9.90 Å². The number of benzene rings is 1. The molecule has 0 aliphatic heterocycles. The van der Waals surface area contributed by atoms with E-state index in [4.69, 9.17) is 11.6 Å². The maximum atomic E-state index is 11.3. The molecule has 19 heavy (non-hydrogen) atoms. The summed E-state index contributed by atoms with van der Waals surface area (Å²) in [5, 5.41) is 10.5. The van der Waals surface area contributed by atoms with Crippen LogP contribution in [0, 0.1) is 0 Å². The summed E-state index contributed by atoms with van der Waals surface area (Å²) in [6, 6.07) is 11.3. The van der Waals surface area contributed by atoms with Gasteiger partial charge in [0.15, 0.2) is 0 Å². The van der Waals surface area contributed by atoms with Crippen molar-refractivity contribution in [1.82, 2.24) is 4.98 Å². The zero-order valence-electron chi connectivity index (χ0n) is 9.63. The molecule has 0 atom stereocenters. The first-order valence-corrected chi connectivity index (χ1v) is 6.72. The largest absolute Gasteiger partial charge is 0.478 e. The number of hydrogen-bond acceptors (Lipinski definition) is 3. The van der Waals surface area contributed by atoms with E-state index in [9.17, 15) is 9.90 Å². The number of nitrogens with zero attached hydrogens (tertiary/aromatic N) is 1. The Labute approximate surface area is 118 Å². The van der Waals surface area contributed by atoms with Gasteiger partial charge < -0.3 is 5.11 Å². The Kier molecular flexibility index (Phi) is 2.97. The van der Waals surface area contributed by atoms with Crippen molar-refractivity contribution in [3.05, 3.63) is 53.3 Å². The molecule has 0 spiro atoms. The van der Waals surface area contributed by atoms with Crippen LogP contribution >= 0.6 is 22.9 Å². The lowest BCUT2D eigenvalue weighted by atomic mass is 10.1. The van der Waals surface area contributed by atoms with Gasteiger partial charge in [0.05, 0.1) is 5.56 Å². The maximum absolute atomic E-state index is 11.3. The predicted octanol–water partition coefficient (Wildman–Crippen LogP) is 4.31. The first-order valence-electron chi connectivity index (χ1n) is 5.53. The summed E-state index contributed by atoms with van der Waals surface area (Å²) in [6.45, 7) is 0. The Morgan fingerprint density at radius 3 is 2.79 bits per heavy atom. The first kappa shape index (κ1) is 12.1. The number of aromatic nitrogens is 1. The van der Waals surface area contributed by atoms with Crippen molar-refractivity contribution in [3.8, 4) is 10.4 Å². The third-order valence-corrected chi connectivity index (χ3v) is 4.15. The zero-order chi connectivity index (χ0) is 13.4. The van der Waals surface area contributed by atoms with E-state index in [2.05, 4.69) is 4.98 Å². The fourth-order valence-electron chi connectivity index (χ4n) is 1.92. The van der Waals surface area contributed by atoms with E-state index in [1.807, 2.05) is 30.3 Å². The van der Waals surface area contributed by atoms with E-state index in [1.165, 1.54) is 12.3 Å². The van der Waals surface area contributed by atoms with Crippen LogP contribution < -0.4 is 0 Å². The highest BCUT2D eigenvalue weighted by Gasteiger charge is 2.15. The Bertz CT molecular complexity index is 749. The molecule has 0 aliphatic carbocycles. The molecular formula is C14H8ClNO2S. The SMILES string of the molecule is O=C(O)c1cc(Cl)ncc1-c1cc2ccccc2s1. The summed E-state index contributed by atoms with van der Waals surface area (Å²) >= 11 is 7.30. The summed E-state index contributed by atoms with van der Waals surface area (Å²) in [6.07, 6.45) is 1.51. The first-order chi connectivity index (χ1) is 9.15. The molecule has 1 N–H and O–H groups in total. The van der Waals surface area contributed by atoms with Crippen LogP contribution in [0.25, 0.3) is 20.5 Å². The molecular weight excluding hydrogens is 282 g/mol. The van der Waals surface area contributed by atoms with E-state index >= 15 is 0 Å². The van der Waals surface area contributed by atoms with Crippen LogP contribution in [0.3, 0.4) is 0 Å². The average molecular weight is 290 g/mol. The molecule has 1 aromatic carbocycles. The standard InChI is InChI=1S/C14H8ClNO2S/c15-13-6-9(14(17)18)10(7-16-13)12-5-8-3-1-2-4-11(8)19-12/h1-7H,(H,17,18). The molecule has 0 bridgehead atoms. The third-order valence-electron chi connectivity index (χ3n) is 2.79. The summed E-state index contributed by atoms with van der Waals surface area (Å²) in [5.41, 5.74) is 0.768. The van der Waals surface area contributed by atoms with Crippen molar-refractivity contribution in [2.24, 2.45) is 0 Å². The topological polar surface area (TPSA) is 50.2 Å². The van der Waals surface area contributed by atoms with E-state index in [1.54, 1.807) is 11.3 Å². The van der Waals surface area contributed by atoms with Crippen LogP contribution in [0.15, 0.2) is 42.6 Å². The normalized spacial score (nSPS) is 10.8. The smallest absolute Gasteiger partial charge is 0.336 e. The van der Waals surface area contributed by atoms with Gasteiger partial charge >= 0.3 is 5.97 Å². The molecule has 0 radical (unpaired) electrons. The highest BCUT2D eigenvalue weighted by atomic mass is 35.5. The van der Waals surface area contributed by atoms with Crippen molar-refractivity contribution in [2.75, 3.05) is 0 Å². The monoisotopic (exact) mass is 289 g/mol. The lowest BCUT2D eigenvalue weighted by molar-refractivity contribution is 0.0697. The number of fused-ring (bicyclic) bond motifs is 1. The quantitative estimate of drug-likeness (QED) is 0.715. The summed E-state index contributed by atoms with van der Waals surface area (Å²) < 4.78 is 1.11. The number of thiophene rings is 1. The van der Waals surface area contributed by atoms with Crippen LogP contribution in [-0.2, 0) is 0 Å². The fraction of sp³-hybridized carbons (Fsp3) is 0. The predicted molar refractivity (Wildman–Crippen MR) is 77.0 cm³/mol. The van der Waals surface area contributed by atoms with Gasteiger partial charge in [-0.2, -0.15) is 0 Å². The number of carboxylic acid groups (broad SMARTS) is 1. The van der Waals surface area contributed by atoms with Gasteiger partial charge in [0.25, 0.3) is 0 Å². The summed E-state index contributed by atoms with van der Waals surface area (Å²) in [4.78, 5) is 16.1. The van der Waals surface area contributed by atoms with E-state index < -0.39 is 5.97 Å². The van der Waals surface area contributed by atoms with Crippen LogP contribution in [0.1, 0.15) is 10.4 Å². The maximum Gasteiger partial charge on any atom is 0.336 e. The molecule has 0 unspecified atom stereocenters.